The van der Waals surface area contributed by atoms with Crippen LogP contribution in [0.25, 0.3) is 5.76 Å². The number of anilines is 1. The van der Waals surface area contributed by atoms with Crippen LogP contribution in [0, 0.1) is 0 Å². The van der Waals surface area contributed by atoms with Crippen LogP contribution in [-0.2, 0) is 16.1 Å². The number of fused-ring (bicyclic) bond motifs is 1. The lowest BCUT2D eigenvalue weighted by Crippen LogP contribution is -2.29. The van der Waals surface area contributed by atoms with Crippen LogP contribution in [0.1, 0.15) is 22.7 Å². The summed E-state index contributed by atoms with van der Waals surface area (Å²) >= 11 is 0. The third-order valence-electron chi connectivity index (χ3n) is 6.97. The van der Waals surface area contributed by atoms with Gasteiger partial charge in [-0.1, -0.05) is 0 Å². The van der Waals surface area contributed by atoms with Crippen molar-refractivity contribution in [1.29, 1.82) is 0 Å². The Hall–Kier alpha value is -4.73. The lowest BCUT2D eigenvalue weighted by molar-refractivity contribution is -0.140. The minimum atomic E-state index is -0.933. The van der Waals surface area contributed by atoms with Gasteiger partial charge in [0.15, 0.2) is 11.5 Å². The molecule has 1 aromatic heterocycles. The SMILES string of the molecule is COc1cc(C2/C(=C(\O)c3ccc4c(c3)N(C)CCO4)C(=O)C(=O)N2Cc2ccncc2)cc(OC)c1OC. The van der Waals surface area contributed by atoms with Gasteiger partial charge in [-0.25, -0.2) is 0 Å². The molecule has 1 unspecified atom stereocenters. The summed E-state index contributed by atoms with van der Waals surface area (Å²) in [5, 5.41) is 11.6. The van der Waals surface area contributed by atoms with E-state index < -0.39 is 17.7 Å². The predicted molar refractivity (Wildman–Crippen MR) is 143 cm³/mol. The van der Waals surface area contributed by atoms with Gasteiger partial charge in [-0.05, 0) is 53.6 Å². The first-order chi connectivity index (χ1) is 18.9. The predicted octanol–water partition coefficient (Wildman–Crippen LogP) is 3.56. The lowest BCUT2D eigenvalue weighted by atomic mass is 9.94. The highest BCUT2D eigenvalue weighted by atomic mass is 16.5. The summed E-state index contributed by atoms with van der Waals surface area (Å²) in [7, 11) is 6.39. The number of methoxy groups -OCH3 is 3. The van der Waals surface area contributed by atoms with Gasteiger partial charge in [0.25, 0.3) is 11.7 Å². The molecule has 1 N–H and O–H groups in total. The molecular weight excluding hydrogens is 502 g/mol. The van der Waals surface area contributed by atoms with Gasteiger partial charge in [-0.15, -0.1) is 0 Å². The molecule has 2 aliphatic rings. The maximum absolute atomic E-state index is 13.5. The molecule has 1 fully saturated rings. The number of carbonyl (C=O) groups excluding carboxylic acids is 2. The Morgan fingerprint density at radius 3 is 2.36 bits per heavy atom. The van der Waals surface area contributed by atoms with E-state index in [0.29, 0.717) is 47.3 Å². The molecule has 1 saturated heterocycles. The van der Waals surface area contributed by atoms with E-state index in [1.54, 1.807) is 54.9 Å². The third kappa shape index (κ3) is 4.58. The number of Topliss-reactive ketones (excluding diaryl/α,β-unsaturated/α-hetero) is 1. The summed E-state index contributed by atoms with van der Waals surface area (Å²) in [6.07, 6.45) is 3.23. The Labute approximate surface area is 226 Å². The summed E-state index contributed by atoms with van der Waals surface area (Å²) < 4.78 is 22.3. The lowest BCUT2D eigenvalue weighted by Gasteiger charge is -2.28. The Morgan fingerprint density at radius 1 is 1.03 bits per heavy atom. The molecule has 1 atom stereocenters. The van der Waals surface area contributed by atoms with Crippen molar-refractivity contribution in [2.24, 2.45) is 0 Å². The van der Waals surface area contributed by atoms with Crippen molar-refractivity contribution in [2.45, 2.75) is 12.6 Å². The van der Waals surface area contributed by atoms with Crippen molar-refractivity contribution in [3.63, 3.8) is 0 Å². The van der Waals surface area contributed by atoms with Gasteiger partial charge in [0, 0.05) is 31.5 Å². The van der Waals surface area contributed by atoms with Crippen molar-refractivity contribution in [3.05, 3.63) is 77.1 Å². The number of pyridine rings is 1. The van der Waals surface area contributed by atoms with E-state index in [4.69, 9.17) is 18.9 Å². The standard InChI is InChI=1S/C29H29N3O7/c1-31-11-12-39-21-6-5-18(13-20(21)31)26(33)24-25(19-14-22(36-2)28(38-4)23(15-19)37-3)32(29(35)27(24)34)16-17-7-9-30-10-8-17/h5-10,13-15,25,33H,11-12,16H2,1-4H3/b26-24+. The first-order valence-electron chi connectivity index (χ1n) is 12.3. The summed E-state index contributed by atoms with van der Waals surface area (Å²) in [6, 6.07) is 11.1. The zero-order chi connectivity index (χ0) is 27.7. The van der Waals surface area contributed by atoms with Crippen LogP contribution in [-0.4, -0.2) is 68.2 Å². The maximum Gasteiger partial charge on any atom is 0.295 e. The Morgan fingerprint density at radius 2 is 1.72 bits per heavy atom. The van der Waals surface area contributed by atoms with Gasteiger partial charge in [-0.2, -0.15) is 0 Å². The Bertz CT molecular complexity index is 1430. The number of likely N-dealkylation sites (N-methyl/N-ethyl adjacent to an activating group) is 1. The Balaban J connectivity index is 1.70. The second-order valence-corrected chi connectivity index (χ2v) is 9.19. The largest absolute Gasteiger partial charge is 0.507 e. The fourth-order valence-corrected chi connectivity index (χ4v) is 4.99. The van der Waals surface area contributed by atoms with Crippen molar-refractivity contribution in [3.8, 4) is 23.0 Å². The number of rotatable bonds is 7. The third-order valence-corrected chi connectivity index (χ3v) is 6.97. The molecule has 5 rings (SSSR count). The number of aromatic nitrogens is 1. The van der Waals surface area contributed by atoms with Gasteiger partial charge >= 0.3 is 0 Å². The summed E-state index contributed by atoms with van der Waals surface area (Å²) in [6.45, 7) is 1.35. The second kappa shape index (κ2) is 10.6. The first kappa shape index (κ1) is 25.9. The molecule has 0 saturated carbocycles. The number of likely N-dealkylation sites (tertiary alicyclic amines) is 1. The maximum atomic E-state index is 13.5. The first-order valence-corrected chi connectivity index (χ1v) is 12.3. The van der Waals surface area contributed by atoms with Crippen LogP contribution in [0.3, 0.4) is 0 Å². The highest BCUT2D eigenvalue weighted by Gasteiger charge is 2.46. The molecule has 202 valence electrons. The number of amides is 1. The quantitative estimate of drug-likeness (QED) is 0.278. The molecule has 39 heavy (non-hydrogen) atoms. The molecule has 2 aromatic carbocycles. The highest BCUT2D eigenvalue weighted by molar-refractivity contribution is 6.46. The smallest absolute Gasteiger partial charge is 0.295 e. The number of carbonyl (C=O) groups is 2. The molecule has 0 aliphatic carbocycles. The number of ketones is 1. The molecule has 2 aliphatic heterocycles. The number of hydrogen-bond donors (Lipinski definition) is 1. The highest BCUT2D eigenvalue weighted by Crippen LogP contribution is 2.46. The molecule has 0 bridgehead atoms. The molecule has 0 radical (unpaired) electrons. The number of aliphatic hydroxyl groups is 1. The summed E-state index contributed by atoms with van der Waals surface area (Å²) in [5.41, 5.74) is 2.42. The fourth-order valence-electron chi connectivity index (χ4n) is 4.99. The summed E-state index contributed by atoms with van der Waals surface area (Å²) in [5.74, 6) is -0.0470. The number of aliphatic hydroxyl groups excluding tert-OH is 1. The van der Waals surface area contributed by atoms with Crippen molar-refractivity contribution < 1.29 is 33.6 Å². The Kier molecular flexibility index (Phi) is 7.02. The zero-order valence-corrected chi connectivity index (χ0v) is 22.1. The second-order valence-electron chi connectivity index (χ2n) is 9.19. The average Bonchev–Trinajstić information content (AvgIpc) is 3.21. The van der Waals surface area contributed by atoms with Crippen LogP contribution in [0.5, 0.6) is 23.0 Å². The van der Waals surface area contributed by atoms with Gasteiger partial charge in [0.2, 0.25) is 5.75 Å². The number of benzene rings is 2. The molecule has 10 heteroatoms. The molecule has 3 aromatic rings. The van der Waals surface area contributed by atoms with Crippen molar-refractivity contribution in [2.75, 3.05) is 46.4 Å². The van der Waals surface area contributed by atoms with E-state index in [2.05, 4.69) is 4.98 Å². The fraction of sp³-hybridized carbons (Fsp3) is 0.276. The van der Waals surface area contributed by atoms with Gasteiger partial charge < -0.3 is 33.9 Å². The monoisotopic (exact) mass is 531 g/mol. The van der Waals surface area contributed by atoms with Gasteiger partial charge in [0.05, 0.1) is 45.2 Å². The molecule has 10 nitrogen and oxygen atoms in total. The van der Waals surface area contributed by atoms with Crippen LogP contribution < -0.4 is 23.8 Å². The van der Waals surface area contributed by atoms with Crippen LogP contribution in [0.4, 0.5) is 5.69 Å². The van der Waals surface area contributed by atoms with E-state index >= 15 is 0 Å². The normalized spacial score (nSPS) is 18.0. The zero-order valence-electron chi connectivity index (χ0n) is 22.1. The molecular formula is C29H29N3O7. The van der Waals surface area contributed by atoms with E-state index in [1.807, 2.05) is 11.9 Å². The van der Waals surface area contributed by atoms with Crippen LogP contribution in [0.15, 0.2) is 60.4 Å². The van der Waals surface area contributed by atoms with Crippen molar-refractivity contribution in [1.82, 2.24) is 9.88 Å². The van der Waals surface area contributed by atoms with E-state index in [0.717, 1.165) is 11.3 Å². The van der Waals surface area contributed by atoms with Gasteiger partial charge in [-0.3, -0.25) is 14.6 Å². The number of nitrogens with zero attached hydrogens (tertiary/aromatic N) is 3. The summed E-state index contributed by atoms with van der Waals surface area (Å²) in [4.78, 5) is 34.5. The van der Waals surface area contributed by atoms with Crippen LogP contribution >= 0.6 is 0 Å². The topological polar surface area (TPSA) is 111 Å². The molecule has 3 heterocycles. The van der Waals surface area contributed by atoms with Crippen LogP contribution in [0.2, 0.25) is 0 Å². The van der Waals surface area contributed by atoms with E-state index in [-0.39, 0.29) is 17.9 Å². The molecule has 0 spiro atoms. The number of ether oxygens (including phenoxy) is 4. The average molecular weight is 532 g/mol. The van der Waals surface area contributed by atoms with E-state index in [9.17, 15) is 14.7 Å². The van der Waals surface area contributed by atoms with E-state index in [1.165, 1.54) is 26.2 Å². The van der Waals surface area contributed by atoms with Crippen molar-refractivity contribution >= 4 is 23.1 Å². The number of hydrogen-bond acceptors (Lipinski definition) is 9. The van der Waals surface area contributed by atoms with Gasteiger partial charge in [0.1, 0.15) is 18.1 Å². The minimum absolute atomic E-state index is 0.0392. The molecule has 1 amide bonds. The minimum Gasteiger partial charge on any atom is -0.507 e.